The lowest BCUT2D eigenvalue weighted by molar-refractivity contribution is 0.188. The first-order chi connectivity index (χ1) is 15.2. The predicted octanol–water partition coefficient (Wildman–Crippen LogP) is 5.04. The molecule has 1 spiro atoms. The van der Waals surface area contributed by atoms with E-state index in [1.807, 2.05) is 0 Å². The van der Waals surface area contributed by atoms with Crippen LogP contribution in [0.15, 0.2) is 54.6 Å². The first-order valence-electron chi connectivity index (χ1n) is 12.3. The molecule has 6 rings (SSSR count). The van der Waals surface area contributed by atoms with E-state index >= 15 is 0 Å². The summed E-state index contributed by atoms with van der Waals surface area (Å²) in [5.41, 5.74) is 4.53. The molecule has 0 aliphatic carbocycles. The highest BCUT2D eigenvalue weighted by molar-refractivity contribution is 6.74. The normalized spacial score (nSPS) is 35.1. The van der Waals surface area contributed by atoms with Crippen LogP contribution < -0.4 is 5.32 Å². The van der Waals surface area contributed by atoms with E-state index in [1.165, 1.54) is 24.2 Å². The molecule has 0 radical (unpaired) electrons. The van der Waals surface area contributed by atoms with E-state index in [1.54, 1.807) is 5.56 Å². The zero-order chi connectivity index (χ0) is 22.3. The summed E-state index contributed by atoms with van der Waals surface area (Å²) in [5.74, 6) is 0. The number of fused-ring (bicyclic) bond motifs is 4. The summed E-state index contributed by atoms with van der Waals surface area (Å²) in [6.45, 7) is 14.9. The molecule has 4 unspecified atom stereocenters. The Bertz CT molecular complexity index is 1020. The molecule has 1 N–H and O–H groups in total. The lowest BCUT2D eigenvalue weighted by atomic mass is 9.73. The molecule has 4 heterocycles. The minimum atomic E-state index is -1.75. The molecular weight excluding hydrogens is 410 g/mol. The Morgan fingerprint density at radius 2 is 1.78 bits per heavy atom. The molecule has 32 heavy (non-hydrogen) atoms. The van der Waals surface area contributed by atoms with Gasteiger partial charge in [0.15, 0.2) is 8.32 Å². The van der Waals surface area contributed by atoms with Crippen molar-refractivity contribution in [3.05, 3.63) is 65.7 Å². The number of para-hydroxylation sites is 1. The molecule has 0 amide bonds. The third-order valence-corrected chi connectivity index (χ3v) is 13.7. The van der Waals surface area contributed by atoms with Gasteiger partial charge in [0.25, 0.3) is 0 Å². The maximum Gasteiger partial charge on any atom is 0.192 e. The van der Waals surface area contributed by atoms with Crippen molar-refractivity contribution in [1.29, 1.82) is 0 Å². The van der Waals surface area contributed by atoms with Gasteiger partial charge in [-0.05, 0) is 48.3 Å². The smallest absolute Gasteiger partial charge is 0.192 e. The molecule has 4 aliphatic heterocycles. The fourth-order valence-corrected chi connectivity index (χ4v) is 7.60. The maximum atomic E-state index is 6.73. The number of nitrogens with one attached hydrogen (secondary N) is 1. The van der Waals surface area contributed by atoms with Crippen LogP contribution in [-0.2, 0) is 16.4 Å². The third kappa shape index (κ3) is 2.84. The first-order valence-corrected chi connectivity index (χ1v) is 15.2. The van der Waals surface area contributed by atoms with E-state index in [0.29, 0.717) is 24.3 Å². The van der Waals surface area contributed by atoms with Crippen molar-refractivity contribution >= 4 is 14.0 Å². The number of hydrogen-bond donors (Lipinski definition) is 1. The number of nitrogens with zero attached hydrogens (tertiary/aromatic N) is 2. The van der Waals surface area contributed by atoms with Gasteiger partial charge in [0.05, 0.1) is 18.8 Å². The Hall–Kier alpha value is -1.66. The summed E-state index contributed by atoms with van der Waals surface area (Å²) < 4.78 is 6.73. The predicted molar refractivity (Wildman–Crippen MR) is 133 cm³/mol. The van der Waals surface area contributed by atoms with Crippen LogP contribution in [0.4, 0.5) is 5.69 Å². The van der Waals surface area contributed by atoms with Gasteiger partial charge in [-0.3, -0.25) is 9.80 Å². The Balaban J connectivity index is 1.30. The minimum absolute atomic E-state index is 0.212. The van der Waals surface area contributed by atoms with Gasteiger partial charge < -0.3 is 9.74 Å². The van der Waals surface area contributed by atoms with Crippen LogP contribution in [0, 0.1) is 0 Å². The zero-order valence-electron chi connectivity index (χ0n) is 20.1. The van der Waals surface area contributed by atoms with Crippen LogP contribution in [0.5, 0.6) is 0 Å². The second-order valence-electron chi connectivity index (χ2n) is 11.9. The van der Waals surface area contributed by atoms with E-state index in [-0.39, 0.29) is 10.5 Å². The topological polar surface area (TPSA) is 27.5 Å². The molecule has 3 saturated heterocycles. The summed E-state index contributed by atoms with van der Waals surface area (Å²) in [7, 11) is -1.75. The van der Waals surface area contributed by atoms with Crippen LogP contribution in [0.3, 0.4) is 0 Å². The molecular formula is C27H37N3OSi. The van der Waals surface area contributed by atoms with E-state index in [2.05, 4.69) is 104 Å². The summed E-state index contributed by atoms with van der Waals surface area (Å²) in [6.07, 6.45) is 1.64. The van der Waals surface area contributed by atoms with Crippen LogP contribution in [0.25, 0.3) is 0 Å². The Morgan fingerprint density at radius 3 is 2.53 bits per heavy atom. The van der Waals surface area contributed by atoms with E-state index in [4.69, 9.17) is 4.43 Å². The van der Waals surface area contributed by atoms with Gasteiger partial charge in [0, 0.05) is 29.7 Å². The van der Waals surface area contributed by atoms with Crippen LogP contribution in [-0.4, -0.2) is 55.6 Å². The van der Waals surface area contributed by atoms with Crippen molar-refractivity contribution in [2.45, 2.75) is 81.6 Å². The van der Waals surface area contributed by atoms with Crippen molar-refractivity contribution < 1.29 is 4.43 Å². The van der Waals surface area contributed by atoms with Gasteiger partial charge in [-0.1, -0.05) is 69.3 Å². The minimum Gasteiger partial charge on any atom is -0.415 e. The average molecular weight is 448 g/mol. The zero-order valence-corrected chi connectivity index (χ0v) is 21.1. The SMILES string of the molecule is CC(C)(C)[Si](C)(C)OC[C@@H]1C2C3N(Cc4ccccc4)CC[C@@]34c3ccccc3NC4N21. The van der Waals surface area contributed by atoms with Crippen LogP contribution in [0.2, 0.25) is 18.1 Å². The molecule has 4 aliphatic rings. The highest BCUT2D eigenvalue weighted by Gasteiger charge is 2.76. The second kappa shape index (κ2) is 6.92. The Labute approximate surface area is 194 Å². The largest absolute Gasteiger partial charge is 0.415 e. The standard InChI is InChI=1S/C27H37N3OSi/c1-26(2,3)32(4,5)31-18-22-23-24-27(15-16-29(24)17-19-11-7-6-8-12-19)20-13-9-10-14-21(20)28-25(27)30(22)23/h6-14,22-25,28H,15-18H2,1-5H3/t22-,23?,24?,25?,27-,30?/m1/s1. The quantitative estimate of drug-likeness (QED) is 0.513. The summed E-state index contributed by atoms with van der Waals surface area (Å²) >= 11 is 0. The lowest BCUT2D eigenvalue weighted by Gasteiger charge is -2.38. The number of likely N-dealkylation sites (tertiary alicyclic amines) is 1. The number of rotatable bonds is 5. The van der Waals surface area contributed by atoms with Gasteiger partial charge in [-0.2, -0.15) is 0 Å². The molecule has 4 nitrogen and oxygen atoms in total. The van der Waals surface area contributed by atoms with Crippen LogP contribution in [0.1, 0.15) is 38.3 Å². The van der Waals surface area contributed by atoms with Crippen molar-refractivity contribution in [3.63, 3.8) is 0 Å². The second-order valence-corrected chi connectivity index (χ2v) is 16.7. The molecule has 3 fully saturated rings. The van der Waals surface area contributed by atoms with Gasteiger partial charge in [-0.25, -0.2) is 0 Å². The first kappa shape index (κ1) is 20.9. The average Bonchev–Trinajstić information content (AvgIpc) is 3.02. The monoisotopic (exact) mass is 447 g/mol. The third-order valence-electron chi connectivity index (χ3n) is 9.25. The van der Waals surface area contributed by atoms with E-state index in [0.717, 1.165) is 13.2 Å². The summed E-state index contributed by atoms with van der Waals surface area (Å²) in [4.78, 5) is 5.54. The molecule has 0 bridgehead atoms. The van der Waals surface area contributed by atoms with Gasteiger partial charge in [0.2, 0.25) is 0 Å². The van der Waals surface area contributed by atoms with Crippen molar-refractivity contribution in [2.24, 2.45) is 0 Å². The molecule has 2 aromatic carbocycles. The maximum absolute atomic E-state index is 6.73. The number of piperidine rings is 1. The van der Waals surface area contributed by atoms with E-state index in [9.17, 15) is 0 Å². The van der Waals surface area contributed by atoms with Gasteiger partial charge in [-0.15, -0.1) is 0 Å². The Kier molecular flexibility index (Phi) is 4.52. The molecule has 0 saturated carbocycles. The highest BCUT2D eigenvalue weighted by Crippen LogP contribution is 2.64. The fourth-order valence-electron chi connectivity index (χ4n) is 6.58. The number of anilines is 1. The summed E-state index contributed by atoms with van der Waals surface area (Å²) in [6, 6.07) is 21.8. The number of benzene rings is 2. The highest BCUT2D eigenvalue weighted by atomic mass is 28.4. The molecule has 2 aromatic rings. The Morgan fingerprint density at radius 1 is 1.06 bits per heavy atom. The summed E-state index contributed by atoms with van der Waals surface area (Å²) in [5, 5.41) is 4.20. The number of hydrogen-bond acceptors (Lipinski definition) is 4. The molecule has 0 aromatic heterocycles. The molecule has 6 atom stereocenters. The van der Waals surface area contributed by atoms with E-state index < -0.39 is 8.32 Å². The molecule has 170 valence electrons. The van der Waals surface area contributed by atoms with Crippen molar-refractivity contribution in [1.82, 2.24) is 9.80 Å². The molecule has 5 heteroatoms. The van der Waals surface area contributed by atoms with Crippen molar-refractivity contribution in [2.75, 3.05) is 18.5 Å². The van der Waals surface area contributed by atoms with Gasteiger partial charge >= 0.3 is 0 Å². The van der Waals surface area contributed by atoms with Gasteiger partial charge in [0.1, 0.15) is 0 Å². The van der Waals surface area contributed by atoms with Crippen molar-refractivity contribution in [3.8, 4) is 0 Å². The van der Waals surface area contributed by atoms with Crippen LogP contribution >= 0.6 is 0 Å². The lowest BCUT2D eigenvalue weighted by Crippen LogP contribution is -2.51. The fraction of sp³-hybridized carbons (Fsp3) is 0.556.